The summed E-state index contributed by atoms with van der Waals surface area (Å²) in [7, 11) is -7.81. The number of amides is 4. The number of carbonyl (C=O) groups excluding carboxylic acids is 4. The number of aromatic nitrogens is 18. The molecule has 0 saturated carbocycles. The Hall–Kier alpha value is -9.86. The largest absolute Gasteiger partial charge is 2.00 e. The average Bonchev–Trinajstić information content (AvgIpc) is 0.933. The van der Waals surface area contributed by atoms with E-state index in [0.717, 1.165) is 94.0 Å². The molecule has 0 N–H and O–H groups in total. The van der Waals surface area contributed by atoms with E-state index in [4.69, 9.17) is 0 Å². The van der Waals surface area contributed by atoms with Crippen molar-refractivity contribution in [2.75, 3.05) is 56.4 Å². The van der Waals surface area contributed by atoms with E-state index in [0.29, 0.717) is 0 Å². The van der Waals surface area contributed by atoms with E-state index in [9.17, 15) is 69.5 Å². The predicted octanol–water partition coefficient (Wildman–Crippen LogP) is 12.2. The minimum absolute atomic E-state index is 0. The molecule has 4 radical (unpaired) electrons. The van der Waals surface area contributed by atoms with Crippen LogP contribution >= 0.6 is 15.6 Å². The van der Waals surface area contributed by atoms with Gasteiger partial charge in [0.15, 0.2) is 0 Å². The Morgan fingerprint density at radius 2 is 0.442 bits per heavy atom. The summed E-state index contributed by atoms with van der Waals surface area (Å²) in [4.78, 5) is 68.2. The number of rotatable bonds is 10. The molecule has 0 aromatic carbocycles. The second kappa shape index (κ2) is 49.7. The van der Waals surface area contributed by atoms with E-state index in [2.05, 4.69) is 91.1 Å². The van der Waals surface area contributed by atoms with Crippen LogP contribution in [0.25, 0.3) is 68.3 Å². The van der Waals surface area contributed by atoms with Gasteiger partial charge in [-0.25, -0.2) is 0 Å². The maximum atomic E-state index is 9.87. The first-order chi connectivity index (χ1) is 46.8. The molecule has 12 aromatic heterocycles. The third-order valence-corrected chi connectivity index (χ3v) is 9.19. The maximum Gasteiger partial charge on any atom is 2.00 e. The Morgan fingerprint density at radius 1 is 0.269 bits per heavy atom. The number of nitrogens with zero attached hydrogens (tertiary/aromatic N) is 22. The van der Waals surface area contributed by atoms with E-state index in [1.807, 2.05) is 146 Å². The second-order valence-corrected chi connectivity index (χ2v) is 22.8. The SMILES string of the molecule is CN(C)C=O.CN(C)C=O.CN(C)C=O.CN(C)C=O.F[P-](F)(F)(F)(F)F.F[P-](F)(F)(F)(F)F.[Cu+2].[Cu+2].[Cu+2].[Cu+2].c1ccc(-c2cc[n-]n2)nc1.c1ccc(-c2ccn[n-]2)nc1.c1ccc(-c2ccn[n-]2)nc1.c1ccc(-c2ccn[n-]2)nc1.c1ccc(-c2ccn[n-]2)nc1.c1ccc(-c2ccn[n-]2)nc1. The van der Waals surface area contributed by atoms with E-state index < -0.39 is 15.6 Å². The summed E-state index contributed by atoms with van der Waals surface area (Å²) in [5, 5.41) is 45.5. The fraction of sp³-hybridized carbons (Fsp3) is 0.133. The van der Waals surface area contributed by atoms with Gasteiger partial charge in [-0.15, -0.1) is 0 Å². The van der Waals surface area contributed by atoms with Crippen LogP contribution in [0.4, 0.5) is 50.4 Å². The molecule has 12 aromatic rings. The molecule has 44 heteroatoms. The van der Waals surface area contributed by atoms with Gasteiger partial charge in [0.1, 0.15) is 0 Å². The van der Waals surface area contributed by atoms with Gasteiger partial charge in [0.25, 0.3) is 0 Å². The van der Waals surface area contributed by atoms with Gasteiger partial charge < -0.3 is 80.8 Å². The molecule has 0 saturated heterocycles. The zero-order valence-electron chi connectivity index (χ0n) is 55.2. The molecule has 0 bridgehead atoms. The summed E-state index contributed by atoms with van der Waals surface area (Å²) >= 11 is 0. The topological polar surface area (TPSA) is 321 Å². The van der Waals surface area contributed by atoms with Gasteiger partial charge in [-0.3, -0.25) is 49.1 Å². The van der Waals surface area contributed by atoms with E-state index in [-0.39, 0.29) is 68.3 Å². The number of hydrogen-bond acceptors (Lipinski definition) is 16. The molecule has 0 aliphatic heterocycles. The summed E-state index contributed by atoms with van der Waals surface area (Å²) in [6.07, 6.45) is 23.4. The van der Waals surface area contributed by atoms with Gasteiger partial charge in [-0.1, -0.05) is 101 Å². The maximum absolute atomic E-state index is 10.7. The Kier molecular flexibility index (Phi) is 48.0. The molecule has 576 valence electrons. The standard InChI is InChI=1S/6C8H6N3.4C3H7NO.4Cu.2F6P/c6*1-2-5-9-7(3-1)8-4-6-10-11-8;4*1-4(2)3-5;;;;;2*1-7(2,3,4,5)6/h6*1-6H;4*3H,1-2H3;;;;;;/q6*-1;;;;;4*+2;2*-1. The summed E-state index contributed by atoms with van der Waals surface area (Å²) in [6, 6.07) is 45.3. The third-order valence-electron chi connectivity index (χ3n) is 9.19. The fourth-order valence-electron chi connectivity index (χ4n) is 5.30. The Balaban J connectivity index is -0.000000530. The summed E-state index contributed by atoms with van der Waals surface area (Å²) in [5.74, 6) is 0. The van der Waals surface area contributed by atoms with Gasteiger partial charge in [0.05, 0.1) is 11.4 Å². The van der Waals surface area contributed by atoms with Gasteiger partial charge >= 0.3 is 134 Å². The van der Waals surface area contributed by atoms with Crippen molar-refractivity contribution in [1.29, 1.82) is 0 Å². The van der Waals surface area contributed by atoms with Crippen molar-refractivity contribution in [2.24, 2.45) is 0 Å². The number of hydrogen-bond donors (Lipinski definition) is 0. The van der Waals surface area contributed by atoms with Crippen molar-refractivity contribution in [3.8, 4) is 68.3 Å². The summed E-state index contributed by atoms with van der Waals surface area (Å²) in [5.41, 5.74) is 10.1. The molecular weight excluding hydrogens is 1640 g/mol. The van der Waals surface area contributed by atoms with Crippen molar-refractivity contribution in [1.82, 2.24) is 111 Å². The van der Waals surface area contributed by atoms with E-state index >= 15 is 0 Å². The van der Waals surface area contributed by atoms with Crippen LogP contribution in [0.5, 0.6) is 0 Å². The van der Waals surface area contributed by atoms with Crippen LogP contribution in [0.15, 0.2) is 220 Å². The van der Waals surface area contributed by atoms with Crippen LogP contribution in [0.3, 0.4) is 0 Å². The van der Waals surface area contributed by atoms with Gasteiger partial charge in [-0.2, -0.15) is 6.20 Å². The Morgan fingerprint density at radius 3 is 0.558 bits per heavy atom. The van der Waals surface area contributed by atoms with Gasteiger partial charge in [-0.05, 0) is 72.8 Å². The molecule has 0 spiro atoms. The molecule has 0 aliphatic rings. The van der Waals surface area contributed by atoms with Crippen molar-refractivity contribution in [2.45, 2.75) is 0 Å². The first kappa shape index (κ1) is 101. The second-order valence-electron chi connectivity index (χ2n) is 19.0. The molecule has 12 rings (SSSR count). The molecule has 26 nitrogen and oxygen atoms in total. The van der Waals surface area contributed by atoms with Crippen LogP contribution < -0.4 is 30.6 Å². The molecule has 0 unspecified atom stereocenters. The molecular formula is C60H64Cu4F12N22O4P2. The van der Waals surface area contributed by atoms with E-state index in [1.54, 1.807) is 131 Å². The van der Waals surface area contributed by atoms with Crippen molar-refractivity contribution >= 4 is 41.3 Å². The number of halogens is 12. The fourth-order valence-corrected chi connectivity index (χ4v) is 5.30. The zero-order chi connectivity index (χ0) is 75.1. The molecule has 12 heterocycles. The molecule has 4 amide bonds. The molecule has 0 atom stereocenters. The van der Waals surface area contributed by atoms with E-state index in [1.165, 1.54) is 19.6 Å². The normalized spacial score (nSPS) is 10.7. The van der Waals surface area contributed by atoms with Crippen LogP contribution in [0.1, 0.15) is 0 Å². The third kappa shape index (κ3) is 60.9. The monoisotopic (exact) mass is 1700 g/mol. The van der Waals surface area contributed by atoms with Crippen molar-refractivity contribution < 1.29 is 138 Å². The minimum Gasteiger partial charge on any atom is -0.581 e. The number of carbonyl (C=O) groups is 4. The Labute approximate surface area is 630 Å². The van der Waals surface area contributed by atoms with Crippen LogP contribution in [0.2, 0.25) is 0 Å². The van der Waals surface area contributed by atoms with Gasteiger partial charge in [0, 0.05) is 153 Å². The van der Waals surface area contributed by atoms with Crippen LogP contribution in [0, 0.1) is 0 Å². The first-order valence-corrected chi connectivity index (χ1v) is 31.6. The first-order valence-electron chi connectivity index (χ1n) is 27.5. The van der Waals surface area contributed by atoms with Gasteiger partial charge in [0.2, 0.25) is 25.6 Å². The Bertz CT molecular complexity index is 3340. The quantitative estimate of drug-likeness (QED) is 0.0531. The molecule has 0 fully saturated rings. The van der Waals surface area contributed by atoms with Crippen LogP contribution in [-0.4, -0.2) is 162 Å². The zero-order valence-corrected chi connectivity index (χ0v) is 60.8. The predicted molar refractivity (Wildman–Crippen MR) is 351 cm³/mol. The smallest absolute Gasteiger partial charge is 0.581 e. The average molecular weight is 1700 g/mol. The van der Waals surface area contributed by atoms with Crippen LogP contribution in [-0.2, 0) is 87.5 Å². The molecule has 104 heavy (non-hydrogen) atoms. The van der Waals surface area contributed by atoms with Crippen molar-refractivity contribution in [3.05, 3.63) is 220 Å². The summed E-state index contributed by atoms with van der Waals surface area (Å²) in [6.45, 7) is 0. The molecule has 0 aliphatic carbocycles. The summed E-state index contributed by atoms with van der Waals surface area (Å²) < 4.78 is 118. The minimum atomic E-state index is -10.7. The van der Waals surface area contributed by atoms with Crippen molar-refractivity contribution in [3.63, 3.8) is 0 Å². The number of pyridine rings is 6.